The molecule has 4 heteroatoms. The van der Waals surface area contributed by atoms with E-state index in [9.17, 15) is 0 Å². The number of hydrogen-bond donors (Lipinski definition) is 0. The SMILES string of the molecule is COCCOCCCN(C)c1ccccc1C#N. The molecule has 0 amide bonds. The maximum absolute atomic E-state index is 9.02. The topological polar surface area (TPSA) is 45.5 Å². The summed E-state index contributed by atoms with van der Waals surface area (Å²) in [5.74, 6) is 0. The van der Waals surface area contributed by atoms with Crippen LogP contribution in [0.2, 0.25) is 0 Å². The average Bonchev–Trinajstić information content (AvgIpc) is 2.42. The summed E-state index contributed by atoms with van der Waals surface area (Å²) in [6.07, 6.45) is 0.931. The number of nitrogens with zero attached hydrogens (tertiary/aromatic N) is 2. The van der Waals surface area contributed by atoms with Crippen LogP contribution in [0.4, 0.5) is 5.69 Å². The summed E-state index contributed by atoms with van der Waals surface area (Å²) >= 11 is 0. The number of hydrogen-bond acceptors (Lipinski definition) is 4. The third-order valence-electron chi connectivity index (χ3n) is 2.65. The van der Waals surface area contributed by atoms with Crippen molar-refractivity contribution in [3.05, 3.63) is 29.8 Å². The predicted octanol–water partition coefficient (Wildman–Crippen LogP) is 2.05. The zero-order valence-electron chi connectivity index (χ0n) is 11.1. The van der Waals surface area contributed by atoms with Crippen LogP contribution in [0.5, 0.6) is 0 Å². The van der Waals surface area contributed by atoms with Gasteiger partial charge in [-0.2, -0.15) is 5.26 Å². The van der Waals surface area contributed by atoms with Crippen molar-refractivity contribution in [2.45, 2.75) is 6.42 Å². The van der Waals surface area contributed by atoms with E-state index in [4.69, 9.17) is 14.7 Å². The monoisotopic (exact) mass is 248 g/mol. The Hall–Kier alpha value is -1.57. The van der Waals surface area contributed by atoms with Gasteiger partial charge in [-0.25, -0.2) is 0 Å². The predicted molar refractivity (Wildman–Crippen MR) is 71.7 cm³/mol. The molecule has 0 unspecified atom stereocenters. The fraction of sp³-hybridized carbons (Fsp3) is 0.500. The molecule has 0 saturated carbocycles. The molecule has 1 aromatic carbocycles. The van der Waals surface area contributed by atoms with Gasteiger partial charge in [0.05, 0.1) is 24.5 Å². The molecule has 0 bridgehead atoms. The highest BCUT2D eigenvalue weighted by Gasteiger charge is 2.05. The number of benzene rings is 1. The molecule has 0 heterocycles. The lowest BCUT2D eigenvalue weighted by Gasteiger charge is -2.20. The van der Waals surface area contributed by atoms with Crippen molar-refractivity contribution in [3.8, 4) is 6.07 Å². The highest BCUT2D eigenvalue weighted by Crippen LogP contribution is 2.17. The molecular formula is C14H20N2O2. The van der Waals surface area contributed by atoms with Crippen molar-refractivity contribution in [1.29, 1.82) is 5.26 Å². The van der Waals surface area contributed by atoms with E-state index < -0.39 is 0 Å². The van der Waals surface area contributed by atoms with Gasteiger partial charge in [0, 0.05) is 27.3 Å². The maximum Gasteiger partial charge on any atom is 0.101 e. The third-order valence-corrected chi connectivity index (χ3v) is 2.65. The van der Waals surface area contributed by atoms with E-state index in [0.717, 1.165) is 18.7 Å². The maximum atomic E-state index is 9.02. The Balaban J connectivity index is 2.32. The molecule has 0 aliphatic heterocycles. The van der Waals surface area contributed by atoms with E-state index in [1.165, 1.54) is 0 Å². The highest BCUT2D eigenvalue weighted by atomic mass is 16.5. The summed E-state index contributed by atoms with van der Waals surface area (Å²) in [6, 6.07) is 9.83. The molecule has 98 valence electrons. The van der Waals surface area contributed by atoms with Crippen molar-refractivity contribution in [2.75, 3.05) is 45.4 Å². The van der Waals surface area contributed by atoms with E-state index in [-0.39, 0.29) is 0 Å². The van der Waals surface area contributed by atoms with Crippen LogP contribution in [0.15, 0.2) is 24.3 Å². The highest BCUT2D eigenvalue weighted by molar-refractivity contribution is 5.58. The van der Waals surface area contributed by atoms with Crippen molar-refractivity contribution in [1.82, 2.24) is 0 Å². The number of rotatable bonds is 8. The Morgan fingerprint density at radius 2 is 2.00 bits per heavy atom. The summed E-state index contributed by atoms with van der Waals surface area (Å²) < 4.78 is 10.3. The van der Waals surface area contributed by atoms with Gasteiger partial charge in [-0.15, -0.1) is 0 Å². The van der Waals surface area contributed by atoms with E-state index >= 15 is 0 Å². The zero-order chi connectivity index (χ0) is 13.2. The first-order chi connectivity index (χ1) is 8.79. The number of ether oxygens (including phenoxy) is 2. The molecule has 1 aromatic rings. The summed E-state index contributed by atoms with van der Waals surface area (Å²) in [7, 11) is 3.65. The average molecular weight is 248 g/mol. The smallest absolute Gasteiger partial charge is 0.101 e. The van der Waals surface area contributed by atoms with E-state index in [1.54, 1.807) is 7.11 Å². The Morgan fingerprint density at radius 1 is 1.22 bits per heavy atom. The van der Waals surface area contributed by atoms with Gasteiger partial charge in [0.15, 0.2) is 0 Å². The van der Waals surface area contributed by atoms with Crippen molar-refractivity contribution in [3.63, 3.8) is 0 Å². The van der Waals surface area contributed by atoms with E-state index in [0.29, 0.717) is 25.4 Å². The third kappa shape index (κ3) is 4.74. The molecule has 18 heavy (non-hydrogen) atoms. The zero-order valence-corrected chi connectivity index (χ0v) is 11.1. The summed E-state index contributed by atoms with van der Waals surface area (Å²) in [5, 5.41) is 9.02. The summed E-state index contributed by atoms with van der Waals surface area (Å²) in [5.41, 5.74) is 1.68. The van der Waals surface area contributed by atoms with Crippen molar-refractivity contribution in [2.24, 2.45) is 0 Å². The lowest BCUT2D eigenvalue weighted by Crippen LogP contribution is -2.21. The molecule has 0 aliphatic carbocycles. The second-order valence-corrected chi connectivity index (χ2v) is 4.01. The lowest BCUT2D eigenvalue weighted by atomic mass is 10.2. The Kier molecular flexibility index (Phi) is 6.85. The molecule has 0 fully saturated rings. The minimum atomic E-state index is 0.632. The minimum absolute atomic E-state index is 0.632. The minimum Gasteiger partial charge on any atom is -0.382 e. The first-order valence-electron chi connectivity index (χ1n) is 6.06. The second-order valence-electron chi connectivity index (χ2n) is 4.01. The van der Waals surface area contributed by atoms with Gasteiger partial charge < -0.3 is 14.4 Å². The standard InChI is InChI=1S/C14H20N2O2/c1-16(8-5-9-18-11-10-17-2)14-7-4-3-6-13(14)12-15/h3-4,6-7H,5,8-11H2,1-2H3. The van der Waals surface area contributed by atoms with E-state index in [1.807, 2.05) is 31.3 Å². The van der Waals surface area contributed by atoms with Gasteiger partial charge in [0.2, 0.25) is 0 Å². The van der Waals surface area contributed by atoms with Gasteiger partial charge in [-0.3, -0.25) is 0 Å². The number of nitriles is 1. The van der Waals surface area contributed by atoms with Gasteiger partial charge in [0.25, 0.3) is 0 Å². The molecule has 0 radical (unpaired) electrons. The summed E-state index contributed by atoms with van der Waals surface area (Å²) in [4.78, 5) is 2.08. The van der Waals surface area contributed by atoms with Gasteiger partial charge in [0.1, 0.15) is 6.07 Å². The normalized spacial score (nSPS) is 10.1. The fourth-order valence-electron chi connectivity index (χ4n) is 1.67. The number of para-hydroxylation sites is 1. The van der Waals surface area contributed by atoms with Crippen molar-refractivity contribution >= 4 is 5.69 Å². The lowest BCUT2D eigenvalue weighted by molar-refractivity contribution is 0.0701. The first-order valence-corrected chi connectivity index (χ1v) is 6.06. The van der Waals surface area contributed by atoms with Crippen LogP contribution in [0.3, 0.4) is 0 Å². The Bertz CT molecular complexity index is 388. The Morgan fingerprint density at radius 3 is 2.72 bits per heavy atom. The van der Waals surface area contributed by atoms with Crippen molar-refractivity contribution < 1.29 is 9.47 Å². The molecule has 4 nitrogen and oxygen atoms in total. The number of anilines is 1. The van der Waals surface area contributed by atoms with Crippen LogP contribution in [-0.4, -0.2) is 40.5 Å². The van der Waals surface area contributed by atoms with Crippen LogP contribution >= 0.6 is 0 Å². The van der Waals surface area contributed by atoms with Crippen LogP contribution in [0.1, 0.15) is 12.0 Å². The van der Waals surface area contributed by atoms with Crippen LogP contribution in [-0.2, 0) is 9.47 Å². The molecule has 1 rings (SSSR count). The van der Waals surface area contributed by atoms with Gasteiger partial charge in [-0.1, -0.05) is 12.1 Å². The quantitative estimate of drug-likeness (QED) is 0.660. The number of methoxy groups -OCH3 is 1. The van der Waals surface area contributed by atoms with Crippen LogP contribution < -0.4 is 4.90 Å². The van der Waals surface area contributed by atoms with E-state index in [2.05, 4.69) is 11.0 Å². The van der Waals surface area contributed by atoms with Gasteiger partial charge >= 0.3 is 0 Å². The van der Waals surface area contributed by atoms with Gasteiger partial charge in [-0.05, 0) is 18.6 Å². The molecule has 0 atom stereocenters. The second kappa shape index (κ2) is 8.51. The molecule has 0 N–H and O–H groups in total. The van der Waals surface area contributed by atoms with Crippen LogP contribution in [0.25, 0.3) is 0 Å². The molecule has 0 saturated heterocycles. The Labute approximate surface area is 109 Å². The largest absolute Gasteiger partial charge is 0.382 e. The molecule has 0 aliphatic rings. The molecule has 0 spiro atoms. The fourth-order valence-corrected chi connectivity index (χ4v) is 1.67. The molecule has 0 aromatic heterocycles. The first kappa shape index (κ1) is 14.5. The summed E-state index contributed by atoms with van der Waals surface area (Å²) in [6.45, 7) is 2.84. The van der Waals surface area contributed by atoms with Crippen LogP contribution in [0, 0.1) is 11.3 Å². The molecular weight excluding hydrogens is 228 g/mol.